The minimum absolute atomic E-state index is 0.250. The number of para-hydroxylation sites is 1. The van der Waals surface area contributed by atoms with Crippen LogP contribution in [0, 0.1) is 0 Å². The van der Waals surface area contributed by atoms with Gasteiger partial charge in [-0.3, -0.25) is 15.1 Å². The highest BCUT2D eigenvalue weighted by molar-refractivity contribution is 7.18. The molecular weight excluding hydrogens is 394 g/mol. The minimum atomic E-state index is -0.250. The predicted octanol–water partition coefficient (Wildman–Crippen LogP) is 5.07. The number of carbonyl (C=O) groups excluding carboxylic acids is 1. The van der Waals surface area contributed by atoms with Crippen molar-refractivity contribution in [2.75, 3.05) is 5.32 Å². The van der Waals surface area contributed by atoms with Gasteiger partial charge in [-0.2, -0.15) is 0 Å². The largest absolute Gasteiger partial charge is 0.296 e. The maximum Gasteiger partial charge on any atom is 0.258 e. The quantitative estimate of drug-likeness (QED) is 0.448. The zero-order chi connectivity index (χ0) is 20.3. The number of benzene rings is 2. The molecule has 2 aromatic carbocycles. The van der Waals surface area contributed by atoms with Crippen LogP contribution < -0.4 is 5.32 Å². The summed E-state index contributed by atoms with van der Waals surface area (Å²) in [5.41, 5.74) is 3.85. The third-order valence-electron chi connectivity index (χ3n) is 4.58. The van der Waals surface area contributed by atoms with E-state index in [0.29, 0.717) is 15.7 Å². The number of carbonyl (C=O) groups is 1. The Morgan fingerprint density at radius 2 is 1.67 bits per heavy atom. The molecule has 7 heteroatoms. The van der Waals surface area contributed by atoms with Gasteiger partial charge in [0.1, 0.15) is 0 Å². The second kappa shape index (κ2) is 7.81. The fourth-order valence-corrected chi connectivity index (χ4v) is 3.89. The van der Waals surface area contributed by atoms with Gasteiger partial charge in [-0.05, 0) is 24.3 Å². The van der Waals surface area contributed by atoms with Crippen LogP contribution in [-0.4, -0.2) is 26.1 Å². The monoisotopic (exact) mass is 409 g/mol. The Kier molecular flexibility index (Phi) is 4.71. The van der Waals surface area contributed by atoms with Gasteiger partial charge in [-0.25, -0.2) is 4.98 Å². The Morgan fingerprint density at radius 1 is 0.867 bits per heavy atom. The van der Waals surface area contributed by atoms with Gasteiger partial charge in [0.25, 0.3) is 5.91 Å². The van der Waals surface area contributed by atoms with E-state index in [0.717, 1.165) is 27.7 Å². The normalized spacial score (nSPS) is 10.8. The van der Waals surface area contributed by atoms with E-state index in [2.05, 4.69) is 20.5 Å². The zero-order valence-electron chi connectivity index (χ0n) is 15.7. The highest BCUT2D eigenvalue weighted by Gasteiger charge is 2.16. The van der Waals surface area contributed by atoms with Crippen molar-refractivity contribution in [1.29, 1.82) is 0 Å². The van der Waals surface area contributed by atoms with Gasteiger partial charge in [0, 0.05) is 28.9 Å². The van der Waals surface area contributed by atoms with Gasteiger partial charge >= 0.3 is 0 Å². The van der Waals surface area contributed by atoms with Gasteiger partial charge in [0.2, 0.25) is 5.13 Å². The number of hydrogen-bond acceptors (Lipinski definition) is 6. The van der Waals surface area contributed by atoms with Crippen molar-refractivity contribution in [3.63, 3.8) is 0 Å². The fraction of sp³-hybridized carbons (Fsp3) is 0. The average molecular weight is 409 g/mol. The third-order valence-corrected chi connectivity index (χ3v) is 5.47. The molecule has 0 aliphatic carbocycles. The lowest BCUT2D eigenvalue weighted by atomic mass is 10.0. The van der Waals surface area contributed by atoms with Crippen molar-refractivity contribution in [1.82, 2.24) is 20.2 Å². The first-order valence-corrected chi connectivity index (χ1v) is 10.1. The smallest absolute Gasteiger partial charge is 0.258 e. The first-order valence-electron chi connectivity index (χ1n) is 9.28. The van der Waals surface area contributed by atoms with Crippen LogP contribution in [-0.2, 0) is 0 Å². The van der Waals surface area contributed by atoms with Crippen molar-refractivity contribution in [2.24, 2.45) is 0 Å². The Morgan fingerprint density at radius 3 is 2.50 bits per heavy atom. The maximum atomic E-state index is 13.1. The number of amides is 1. The van der Waals surface area contributed by atoms with E-state index in [9.17, 15) is 4.79 Å². The average Bonchev–Trinajstić information content (AvgIpc) is 3.28. The molecular formula is C23H15N5OS. The van der Waals surface area contributed by atoms with E-state index in [1.54, 1.807) is 12.4 Å². The van der Waals surface area contributed by atoms with Gasteiger partial charge in [0.05, 0.1) is 16.8 Å². The summed E-state index contributed by atoms with van der Waals surface area (Å²) in [7, 11) is 0. The van der Waals surface area contributed by atoms with Crippen molar-refractivity contribution < 1.29 is 4.79 Å². The van der Waals surface area contributed by atoms with Crippen LogP contribution >= 0.6 is 11.3 Å². The van der Waals surface area contributed by atoms with E-state index < -0.39 is 0 Å². The molecule has 0 fully saturated rings. The molecule has 0 atom stereocenters. The first kappa shape index (κ1) is 18.1. The highest BCUT2D eigenvalue weighted by atomic mass is 32.1. The first-order chi connectivity index (χ1) is 14.8. The van der Waals surface area contributed by atoms with E-state index in [-0.39, 0.29) is 5.91 Å². The molecule has 0 radical (unpaired) electrons. The molecule has 0 aliphatic heterocycles. The highest BCUT2D eigenvalue weighted by Crippen LogP contribution is 2.28. The lowest BCUT2D eigenvalue weighted by Crippen LogP contribution is -2.13. The molecule has 0 aliphatic rings. The molecule has 5 rings (SSSR count). The lowest BCUT2D eigenvalue weighted by molar-refractivity contribution is 0.102. The second-order valence-electron chi connectivity index (χ2n) is 6.55. The number of nitrogens with one attached hydrogen (secondary N) is 1. The topological polar surface area (TPSA) is 80.7 Å². The van der Waals surface area contributed by atoms with Crippen LogP contribution in [0.3, 0.4) is 0 Å². The second-order valence-corrected chi connectivity index (χ2v) is 7.52. The van der Waals surface area contributed by atoms with E-state index in [4.69, 9.17) is 4.98 Å². The van der Waals surface area contributed by atoms with Crippen LogP contribution in [0.25, 0.3) is 32.7 Å². The van der Waals surface area contributed by atoms with Crippen LogP contribution in [0.5, 0.6) is 0 Å². The number of pyridine rings is 2. The predicted molar refractivity (Wildman–Crippen MR) is 118 cm³/mol. The number of anilines is 1. The van der Waals surface area contributed by atoms with Crippen molar-refractivity contribution in [3.05, 3.63) is 90.8 Å². The summed E-state index contributed by atoms with van der Waals surface area (Å²) in [4.78, 5) is 22.0. The summed E-state index contributed by atoms with van der Waals surface area (Å²) in [6.45, 7) is 0. The Hall–Kier alpha value is -3.97. The summed E-state index contributed by atoms with van der Waals surface area (Å²) in [5, 5.41) is 13.1. The van der Waals surface area contributed by atoms with Crippen molar-refractivity contribution in [3.8, 4) is 21.8 Å². The molecule has 3 heterocycles. The third kappa shape index (κ3) is 3.54. The summed E-state index contributed by atoms with van der Waals surface area (Å²) in [6, 6.07) is 23.0. The van der Waals surface area contributed by atoms with Crippen molar-refractivity contribution >= 4 is 33.3 Å². The molecule has 144 valence electrons. The van der Waals surface area contributed by atoms with Crippen LogP contribution in [0.2, 0.25) is 0 Å². The molecule has 0 unspecified atom stereocenters. The SMILES string of the molecule is O=C(Nc1nnc(-c2cccnc2)s1)c1cc(-c2ccccc2)nc2ccccc12. The van der Waals surface area contributed by atoms with Crippen LogP contribution in [0.1, 0.15) is 10.4 Å². The Bertz CT molecular complexity index is 1340. The van der Waals surface area contributed by atoms with E-state index in [1.165, 1.54) is 11.3 Å². The van der Waals surface area contributed by atoms with Crippen LogP contribution in [0.15, 0.2) is 85.2 Å². The summed E-state index contributed by atoms with van der Waals surface area (Å²) >= 11 is 1.31. The van der Waals surface area contributed by atoms with Gasteiger partial charge < -0.3 is 0 Å². The molecule has 1 N–H and O–H groups in total. The molecule has 3 aromatic heterocycles. The van der Waals surface area contributed by atoms with Crippen molar-refractivity contribution in [2.45, 2.75) is 0 Å². The molecule has 0 spiro atoms. The van der Waals surface area contributed by atoms with Gasteiger partial charge in [0.15, 0.2) is 5.01 Å². The lowest BCUT2D eigenvalue weighted by Gasteiger charge is -2.09. The minimum Gasteiger partial charge on any atom is -0.296 e. The molecule has 0 saturated carbocycles. The maximum absolute atomic E-state index is 13.1. The number of rotatable bonds is 4. The fourth-order valence-electron chi connectivity index (χ4n) is 3.16. The molecule has 1 amide bonds. The van der Waals surface area contributed by atoms with Crippen LogP contribution in [0.4, 0.5) is 5.13 Å². The molecule has 6 nitrogen and oxygen atoms in total. The summed E-state index contributed by atoms with van der Waals surface area (Å²) in [6.07, 6.45) is 3.42. The van der Waals surface area contributed by atoms with E-state index in [1.807, 2.05) is 72.8 Å². The number of fused-ring (bicyclic) bond motifs is 1. The summed E-state index contributed by atoms with van der Waals surface area (Å²) < 4.78 is 0. The van der Waals surface area contributed by atoms with E-state index >= 15 is 0 Å². The Labute approximate surface area is 176 Å². The number of nitrogens with zero attached hydrogens (tertiary/aromatic N) is 4. The number of hydrogen-bond donors (Lipinski definition) is 1. The Balaban J connectivity index is 1.51. The summed E-state index contributed by atoms with van der Waals surface area (Å²) in [5.74, 6) is -0.250. The standard InChI is InChI=1S/C23H15N5OS/c29-21(26-23-28-27-22(30-23)16-9-6-12-24-14-16)18-13-20(15-7-2-1-3-8-15)25-19-11-5-4-10-17(18)19/h1-14H,(H,26,28,29). The van der Waals surface area contributed by atoms with Gasteiger partial charge in [-0.1, -0.05) is 59.9 Å². The molecule has 30 heavy (non-hydrogen) atoms. The van der Waals surface area contributed by atoms with Gasteiger partial charge in [-0.15, -0.1) is 10.2 Å². The molecule has 0 bridgehead atoms. The molecule has 0 saturated heterocycles. The molecule has 5 aromatic rings. The zero-order valence-corrected chi connectivity index (χ0v) is 16.5. The number of aromatic nitrogens is 4.